The van der Waals surface area contributed by atoms with Crippen LogP contribution in [-0.2, 0) is 5.75 Å². The number of carbonyl (C=O) groups is 1. The highest BCUT2D eigenvalue weighted by Crippen LogP contribution is 2.15. The lowest BCUT2D eigenvalue weighted by Crippen LogP contribution is -2.40. The zero-order valence-electron chi connectivity index (χ0n) is 12.3. The van der Waals surface area contributed by atoms with Crippen LogP contribution in [0.15, 0.2) is 24.3 Å². The number of hydrogen-bond acceptors (Lipinski definition) is 3. The molecule has 1 rings (SSSR count). The highest BCUT2D eigenvalue weighted by molar-refractivity contribution is 7.97. The first-order chi connectivity index (χ1) is 9.55. The van der Waals surface area contributed by atoms with Gasteiger partial charge in [-0.2, -0.15) is 11.8 Å². The van der Waals surface area contributed by atoms with Crippen LogP contribution in [0.25, 0.3) is 0 Å². The first kappa shape index (κ1) is 16.9. The van der Waals surface area contributed by atoms with Gasteiger partial charge in [0.25, 0.3) is 0 Å². The lowest BCUT2D eigenvalue weighted by atomic mass is 10.0. The Balaban J connectivity index is 2.54. The molecule has 0 saturated carbocycles. The molecule has 5 heteroatoms. The Hall–Kier alpha value is -1.20. The number of urea groups is 1. The van der Waals surface area contributed by atoms with E-state index in [-0.39, 0.29) is 18.7 Å². The van der Waals surface area contributed by atoms with Gasteiger partial charge in [-0.25, -0.2) is 4.79 Å². The lowest BCUT2D eigenvalue weighted by molar-refractivity contribution is 0.214. The van der Waals surface area contributed by atoms with Crippen LogP contribution in [0.1, 0.15) is 25.8 Å². The van der Waals surface area contributed by atoms with E-state index in [1.807, 2.05) is 30.5 Å². The van der Waals surface area contributed by atoms with Gasteiger partial charge in [-0.3, -0.25) is 0 Å². The number of carbonyl (C=O) groups excluding carboxylic acids is 1. The normalized spacial score (nSPS) is 12.2. The van der Waals surface area contributed by atoms with E-state index in [2.05, 4.69) is 24.5 Å². The molecule has 0 aliphatic rings. The first-order valence-electron chi connectivity index (χ1n) is 6.81. The maximum absolute atomic E-state index is 11.9. The second-order valence-electron chi connectivity index (χ2n) is 5.24. The SMILES string of the molecule is CSCc1cccc(NC(=O)NC(CO)CC(C)C)c1. The highest BCUT2D eigenvalue weighted by atomic mass is 32.2. The number of aliphatic hydroxyl groups is 1. The van der Waals surface area contributed by atoms with E-state index in [1.165, 1.54) is 5.56 Å². The van der Waals surface area contributed by atoms with Crippen molar-refractivity contribution < 1.29 is 9.90 Å². The van der Waals surface area contributed by atoms with Crippen LogP contribution in [0.3, 0.4) is 0 Å². The third kappa shape index (κ3) is 6.30. The number of rotatable bonds is 7. The highest BCUT2D eigenvalue weighted by Gasteiger charge is 2.13. The Morgan fingerprint density at radius 3 is 2.75 bits per heavy atom. The molecule has 0 radical (unpaired) electrons. The topological polar surface area (TPSA) is 61.4 Å². The van der Waals surface area contributed by atoms with E-state index in [0.29, 0.717) is 5.92 Å². The van der Waals surface area contributed by atoms with Crippen LogP contribution in [0.2, 0.25) is 0 Å². The van der Waals surface area contributed by atoms with E-state index in [0.717, 1.165) is 17.9 Å². The van der Waals surface area contributed by atoms with Crippen molar-refractivity contribution in [2.45, 2.75) is 32.1 Å². The Morgan fingerprint density at radius 2 is 2.15 bits per heavy atom. The summed E-state index contributed by atoms with van der Waals surface area (Å²) in [5.41, 5.74) is 1.95. The van der Waals surface area contributed by atoms with E-state index in [4.69, 9.17) is 0 Å². The molecule has 1 aromatic rings. The van der Waals surface area contributed by atoms with E-state index in [9.17, 15) is 9.90 Å². The largest absolute Gasteiger partial charge is 0.394 e. The van der Waals surface area contributed by atoms with Crippen molar-refractivity contribution in [2.24, 2.45) is 5.92 Å². The van der Waals surface area contributed by atoms with Crippen molar-refractivity contribution in [2.75, 3.05) is 18.2 Å². The zero-order valence-corrected chi connectivity index (χ0v) is 13.2. The molecular weight excluding hydrogens is 272 g/mol. The van der Waals surface area contributed by atoms with Gasteiger partial charge in [-0.15, -0.1) is 0 Å². The maximum atomic E-state index is 11.9. The molecule has 112 valence electrons. The van der Waals surface area contributed by atoms with Crippen molar-refractivity contribution in [1.29, 1.82) is 0 Å². The van der Waals surface area contributed by atoms with Crippen molar-refractivity contribution >= 4 is 23.5 Å². The number of hydrogen-bond donors (Lipinski definition) is 3. The predicted octanol–water partition coefficient (Wildman–Crippen LogP) is 3.08. The van der Waals surface area contributed by atoms with E-state index in [1.54, 1.807) is 11.8 Å². The number of amides is 2. The van der Waals surface area contributed by atoms with Gasteiger partial charge in [0.15, 0.2) is 0 Å². The number of aliphatic hydroxyl groups excluding tert-OH is 1. The monoisotopic (exact) mass is 296 g/mol. The molecule has 0 fully saturated rings. The fourth-order valence-electron chi connectivity index (χ4n) is 2.01. The van der Waals surface area contributed by atoms with E-state index >= 15 is 0 Å². The molecule has 2 amide bonds. The Bertz CT molecular complexity index is 424. The Morgan fingerprint density at radius 1 is 1.40 bits per heavy atom. The van der Waals surface area contributed by atoms with E-state index < -0.39 is 0 Å². The van der Waals surface area contributed by atoms with Crippen molar-refractivity contribution in [3.8, 4) is 0 Å². The Kier molecular flexibility index (Phi) is 7.47. The van der Waals surface area contributed by atoms with Crippen molar-refractivity contribution in [1.82, 2.24) is 5.32 Å². The van der Waals surface area contributed by atoms with Gasteiger partial charge in [-0.1, -0.05) is 26.0 Å². The zero-order chi connectivity index (χ0) is 15.0. The maximum Gasteiger partial charge on any atom is 0.319 e. The smallest absolute Gasteiger partial charge is 0.319 e. The quantitative estimate of drug-likeness (QED) is 0.724. The molecule has 0 spiro atoms. The summed E-state index contributed by atoms with van der Waals surface area (Å²) in [6.07, 6.45) is 2.81. The third-order valence-corrected chi connectivity index (χ3v) is 3.43. The third-order valence-electron chi connectivity index (χ3n) is 2.81. The van der Waals surface area contributed by atoms with Gasteiger partial charge >= 0.3 is 6.03 Å². The summed E-state index contributed by atoms with van der Waals surface area (Å²) in [6, 6.07) is 7.32. The molecule has 1 aromatic carbocycles. The summed E-state index contributed by atoms with van der Waals surface area (Å²) in [5.74, 6) is 1.35. The van der Waals surface area contributed by atoms with Gasteiger partial charge in [0.2, 0.25) is 0 Å². The summed E-state index contributed by atoms with van der Waals surface area (Å²) >= 11 is 1.74. The summed E-state index contributed by atoms with van der Waals surface area (Å²) in [7, 11) is 0. The summed E-state index contributed by atoms with van der Waals surface area (Å²) in [4.78, 5) is 11.9. The van der Waals surface area contributed by atoms with Crippen LogP contribution >= 0.6 is 11.8 Å². The van der Waals surface area contributed by atoms with Crippen LogP contribution in [0.4, 0.5) is 10.5 Å². The van der Waals surface area contributed by atoms with Crippen molar-refractivity contribution in [3.05, 3.63) is 29.8 Å². The number of nitrogens with one attached hydrogen (secondary N) is 2. The minimum atomic E-state index is -0.272. The standard InChI is InChI=1S/C15H24N2O2S/c1-11(2)7-14(9-18)17-15(19)16-13-6-4-5-12(8-13)10-20-3/h4-6,8,11,14,18H,7,9-10H2,1-3H3,(H2,16,17,19). The van der Waals surface area contributed by atoms with Crippen molar-refractivity contribution in [3.63, 3.8) is 0 Å². The summed E-state index contributed by atoms with van der Waals surface area (Å²) in [5, 5.41) is 14.9. The lowest BCUT2D eigenvalue weighted by Gasteiger charge is -2.18. The summed E-state index contributed by atoms with van der Waals surface area (Å²) < 4.78 is 0. The minimum absolute atomic E-state index is 0.0435. The fraction of sp³-hybridized carbons (Fsp3) is 0.533. The molecule has 0 aromatic heterocycles. The number of benzene rings is 1. The molecule has 20 heavy (non-hydrogen) atoms. The summed E-state index contributed by atoms with van der Waals surface area (Å²) in [6.45, 7) is 4.08. The molecule has 1 atom stereocenters. The van der Waals surface area contributed by atoms with Gasteiger partial charge in [0, 0.05) is 11.4 Å². The molecule has 0 saturated heterocycles. The number of anilines is 1. The van der Waals surface area contributed by atoms with Crippen LogP contribution in [-0.4, -0.2) is 30.0 Å². The Labute approximate surface area is 125 Å². The molecule has 0 bridgehead atoms. The average molecular weight is 296 g/mol. The molecule has 1 unspecified atom stereocenters. The fourth-order valence-corrected chi connectivity index (χ4v) is 2.52. The first-order valence-corrected chi connectivity index (χ1v) is 8.20. The predicted molar refractivity (Wildman–Crippen MR) is 86.1 cm³/mol. The molecule has 0 heterocycles. The van der Waals surface area contributed by atoms with Gasteiger partial charge < -0.3 is 15.7 Å². The molecule has 3 N–H and O–H groups in total. The van der Waals surface area contributed by atoms with Gasteiger partial charge in [0.05, 0.1) is 12.6 Å². The van der Waals surface area contributed by atoms with Crippen LogP contribution in [0.5, 0.6) is 0 Å². The number of thioether (sulfide) groups is 1. The molecule has 4 nitrogen and oxygen atoms in total. The van der Waals surface area contributed by atoms with Crippen LogP contribution in [0, 0.1) is 5.92 Å². The van der Waals surface area contributed by atoms with Crippen LogP contribution < -0.4 is 10.6 Å². The molecule has 0 aliphatic carbocycles. The average Bonchev–Trinajstić information content (AvgIpc) is 2.38. The second kappa shape index (κ2) is 8.87. The second-order valence-corrected chi connectivity index (χ2v) is 6.11. The van der Waals surface area contributed by atoms with Gasteiger partial charge in [0.1, 0.15) is 0 Å². The van der Waals surface area contributed by atoms with Gasteiger partial charge in [-0.05, 0) is 36.3 Å². The minimum Gasteiger partial charge on any atom is -0.394 e. The molecular formula is C15H24N2O2S. The molecule has 0 aliphatic heterocycles.